The normalized spacial score (nSPS) is 24.6. The highest BCUT2D eigenvalue weighted by atomic mass is 16.7. The number of nitrogens with zero attached hydrogens (tertiary/aromatic N) is 3. The molecule has 32 heavy (non-hydrogen) atoms. The van der Waals surface area contributed by atoms with E-state index in [0.717, 1.165) is 0 Å². The molecule has 0 aliphatic carbocycles. The number of carbonyl (C=O) groups is 4. The Hall–Kier alpha value is -2.89. The Kier molecular flexibility index (Phi) is 12.1. The summed E-state index contributed by atoms with van der Waals surface area (Å²) in [5.41, 5.74) is 8.68. The molecule has 5 atom stereocenters. The summed E-state index contributed by atoms with van der Waals surface area (Å²) in [6, 6.07) is -0.988. The highest BCUT2D eigenvalue weighted by molar-refractivity contribution is 5.73. The number of methoxy groups -OCH3 is 1. The number of amides is 1. The number of ether oxygens (including phenoxy) is 5. The minimum Gasteiger partial charge on any atom is -0.469 e. The molecule has 0 bridgehead atoms. The van der Waals surface area contributed by atoms with Crippen molar-refractivity contribution in [2.24, 2.45) is 5.11 Å². The van der Waals surface area contributed by atoms with Crippen LogP contribution in [-0.4, -0.2) is 74.7 Å². The monoisotopic (exact) mass is 458 g/mol. The average molecular weight is 458 g/mol. The predicted octanol–water partition coefficient (Wildman–Crippen LogP) is 1.14. The minimum atomic E-state index is -1.14. The van der Waals surface area contributed by atoms with Gasteiger partial charge in [-0.05, 0) is 18.4 Å². The molecule has 0 spiro atoms. The first-order chi connectivity index (χ1) is 15.2. The number of hydrogen-bond donors (Lipinski definition) is 1. The molecule has 1 N–H and O–H groups in total. The summed E-state index contributed by atoms with van der Waals surface area (Å²) in [4.78, 5) is 49.0. The molecule has 1 aliphatic rings. The molecule has 0 radical (unpaired) electrons. The summed E-state index contributed by atoms with van der Waals surface area (Å²) in [5.74, 6) is -2.09. The van der Waals surface area contributed by atoms with Crippen molar-refractivity contribution in [1.82, 2.24) is 5.32 Å². The first-order valence-electron chi connectivity index (χ1n) is 10.2. The fourth-order valence-electron chi connectivity index (χ4n) is 3.21. The molecule has 1 heterocycles. The van der Waals surface area contributed by atoms with E-state index in [2.05, 4.69) is 20.1 Å². The van der Waals surface area contributed by atoms with Gasteiger partial charge >= 0.3 is 17.9 Å². The predicted molar refractivity (Wildman–Crippen MR) is 108 cm³/mol. The van der Waals surface area contributed by atoms with Crippen LogP contribution < -0.4 is 5.32 Å². The van der Waals surface area contributed by atoms with Gasteiger partial charge in [0.25, 0.3) is 0 Å². The Morgan fingerprint density at radius 3 is 2.25 bits per heavy atom. The standard InChI is InChI=1S/C19H30N4O9/c1-11(24)22-16-18(31-13(3)26)17(30-12(2)25)14(10-21-23-20)32-19(16)29-9-7-5-6-8-15(27)28-4/h14,16-19H,5-10H2,1-4H3,(H,22,24). The highest BCUT2D eigenvalue weighted by Gasteiger charge is 2.50. The zero-order valence-electron chi connectivity index (χ0n) is 18.6. The van der Waals surface area contributed by atoms with Crippen LogP contribution in [0.15, 0.2) is 5.11 Å². The lowest BCUT2D eigenvalue weighted by atomic mass is 9.95. The molecule has 0 aromatic rings. The number of carbonyl (C=O) groups excluding carboxylic acids is 4. The lowest BCUT2D eigenvalue weighted by molar-refractivity contribution is -0.269. The topological polar surface area (TPSA) is 175 Å². The van der Waals surface area contributed by atoms with Gasteiger partial charge in [0.15, 0.2) is 18.5 Å². The summed E-state index contributed by atoms with van der Waals surface area (Å²) >= 11 is 0. The van der Waals surface area contributed by atoms with E-state index in [1.165, 1.54) is 27.9 Å². The molecule has 13 nitrogen and oxygen atoms in total. The Balaban J connectivity index is 2.99. The van der Waals surface area contributed by atoms with E-state index in [1.807, 2.05) is 0 Å². The second-order valence-electron chi connectivity index (χ2n) is 7.09. The third kappa shape index (κ3) is 9.50. The zero-order valence-corrected chi connectivity index (χ0v) is 18.6. The maximum absolute atomic E-state index is 11.8. The van der Waals surface area contributed by atoms with Crippen molar-refractivity contribution in [1.29, 1.82) is 0 Å². The number of hydrogen-bond acceptors (Lipinski definition) is 10. The quantitative estimate of drug-likeness (QED) is 0.112. The zero-order chi connectivity index (χ0) is 24.1. The van der Waals surface area contributed by atoms with Gasteiger partial charge in [-0.25, -0.2) is 0 Å². The highest BCUT2D eigenvalue weighted by Crippen LogP contribution is 2.28. The van der Waals surface area contributed by atoms with Crippen LogP contribution in [0.4, 0.5) is 0 Å². The number of rotatable bonds is 12. The maximum atomic E-state index is 11.8. The van der Waals surface area contributed by atoms with E-state index in [0.29, 0.717) is 19.3 Å². The molecule has 180 valence electrons. The van der Waals surface area contributed by atoms with Gasteiger partial charge in [0, 0.05) is 38.7 Å². The molecule has 0 aromatic carbocycles. The number of nitrogens with one attached hydrogen (secondary N) is 1. The van der Waals surface area contributed by atoms with Gasteiger partial charge in [0.2, 0.25) is 5.91 Å². The van der Waals surface area contributed by atoms with Gasteiger partial charge in [-0.15, -0.1) is 0 Å². The number of unbranched alkanes of at least 4 members (excludes halogenated alkanes) is 2. The Labute approximate surface area is 185 Å². The molecule has 1 amide bonds. The number of azide groups is 1. The maximum Gasteiger partial charge on any atom is 0.305 e. The second-order valence-corrected chi connectivity index (χ2v) is 7.09. The Morgan fingerprint density at radius 1 is 1.03 bits per heavy atom. The van der Waals surface area contributed by atoms with E-state index in [1.54, 1.807) is 0 Å². The second kappa shape index (κ2) is 14.2. The Morgan fingerprint density at radius 2 is 1.69 bits per heavy atom. The van der Waals surface area contributed by atoms with Gasteiger partial charge in [0.05, 0.1) is 13.7 Å². The molecule has 1 aliphatic heterocycles. The molecule has 1 rings (SSSR count). The molecule has 1 fully saturated rings. The van der Waals surface area contributed by atoms with Crippen LogP contribution in [0, 0.1) is 0 Å². The summed E-state index contributed by atoms with van der Waals surface area (Å²) in [5, 5.41) is 6.09. The lowest BCUT2D eigenvalue weighted by Crippen LogP contribution is -2.66. The first kappa shape index (κ1) is 27.1. The van der Waals surface area contributed by atoms with Crippen LogP contribution in [0.2, 0.25) is 0 Å². The summed E-state index contributed by atoms with van der Waals surface area (Å²) in [7, 11) is 1.32. The molecule has 5 unspecified atom stereocenters. The smallest absolute Gasteiger partial charge is 0.305 e. The summed E-state index contributed by atoms with van der Waals surface area (Å²) < 4.78 is 26.9. The minimum absolute atomic E-state index is 0.210. The molecular formula is C19H30N4O9. The lowest BCUT2D eigenvalue weighted by Gasteiger charge is -2.45. The van der Waals surface area contributed by atoms with E-state index in [-0.39, 0.29) is 25.5 Å². The van der Waals surface area contributed by atoms with E-state index in [4.69, 9.17) is 24.5 Å². The fourth-order valence-corrected chi connectivity index (χ4v) is 3.21. The van der Waals surface area contributed by atoms with Gasteiger partial charge in [-0.1, -0.05) is 11.5 Å². The molecule has 1 saturated heterocycles. The van der Waals surface area contributed by atoms with Crippen molar-refractivity contribution in [2.75, 3.05) is 20.3 Å². The van der Waals surface area contributed by atoms with E-state index >= 15 is 0 Å². The third-order valence-electron chi connectivity index (χ3n) is 4.48. The van der Waals surface area contributed by atoms with Gasteiger partial charge in [-0.3, -0.25) is 19.2 Å². The fraction of sp³-hybridized carbons (Fsp3) is 0.789. The van der Waals surface area contributed by atoms with Crippen LogP contribution in [0.3, 0.4) is 0 Å². The van der Waals surface area contributed by atoms with Gasteiger partial charge < -0.3 is 29.0 Å². The largest absolute Gasteiger partial charge is 0.469 e. The first-order valence-corrected chi connectivity index (χ1v) is 10.2. The van der Waals surface area contributed by atoms with Crippen molar-refractivity contribution in [3.05, 3.63) is 10.4 Å². The van der Waals surface area contributed by atoms with Crippen LogP contribution in [0.25, 0.3) is 10.4 Å². The SMILES string of the molecule is COC(=O)CCCCCOC1OC(CN=[N+]=[N-])C(OC(C)=O)C(OC(C)=O)C1NC(C)=O. The van der Waals surface area contributed by atoms with Crippen molar-refractivity contribution in [2.45, 2.75) is 77.1 Å². The summed E-state index contributed by atoms with van der Waals surface area (Å²) in [6.45, 7) is 3.59. The van der Waals surface area contributed by atoms with Crippen molar-refractivity contribution in [3.63, 3.8) is 0 Å². The molecule has 0 saturated carbocycles. The Bertz CT molecular complexity index is 711. The van der Waals surface area contributed by atoms with Crippen molar-refractivity contribution in [3.8, 4) is 0 Å². The average Bonchev–Trinajstić information content (AvgIpc) is 2.71. The third-order valence-corrected chi connectivity index (χ3v) is 4.48. The van der Waals surface area contributed by atoms with Gasteiger partial charge in [0.1, 0.15) is 12.1 Å². The van der Waals surface area contributed by atoms with Gasteiger partial charge in [-0.2, -0.15) is 0 Å². The van der Waals surface area contributed by atoms with E-state index < -0.39 is 48.5 Å². The number of esters is 3. The van der Waals surface area contributed by atoms with Crippen LogP contribution in [0.5, 0.6) is 0 Å². The summed E-state index contributed by atoms with van der Waals surface area (Å²) in [6.07, 6.45) is -2.17. The molecule has 13 heteroatoms. The van der Waals surface area contributed by atoms with Crippen LogP contribution in [-0.2, 0) is 42.9 Å². The molecule has 0 aromatic heterocycles. The van der Waals surface area contributed by atoms with E-state index in [9.17, 15) is 19.2 Å². The molecular weight excluding hydrogens is 428 g/mol. The van der Waals surface area contributed by atoms with Crippen LogP contribution >= 0.6 is 0 Å². The van der Waals surface area contributed by atoms with Crippen molar-refractivity contribution >= 4 is 23.8 Å². The van der Waals surface area contributed by atoms with Crippen LogP contribution in [0.1, 0.15) is 46.5 Å². The van der Waals surface area contributed by atoms with Crippen molar-refractivity contribution < 1.29 is 42.9 Å².